The van der Waals surface area contributed by atoms with Crippen molar-refractivity contribution in [2.24, 2.45) is 5.10 Å². The first-order valence-corrected chi connectivity index (χ1v) is 11.3. The Balaban J connectivity index is 1.66. The highest BCUT2D eigenvalue weighted by molar-refractivity contribution is 5.95. The molecule has 0 aliphatic heterocycles. The predicted octanol–water partition coefficient (Wildman–Crippen LogP) is 5.23. The lowest BCUT2D eigenvalue weighted by molar-refractivity contribution is 0.0954. The molecule has 7 heteroatoms. The van der Waals surface area contributed by atoms with Crippen LogP contribution in [0, 0.1) is 0 Å². The van der Waals surface area contributed by atoms with E-state index in [1.165, 1.54) is 0 Å². The number of ether oxygens (including phenoxy) is 4. The summed E-state index contributed by atoms with van der Waals surface area (Å²) in [7, 11) is 0. The first-order valence-electron chi connectivity index (χ1n) is 11.3. The van der Waals surface area contributed by atoms with Crippen LogP contribution in [0.25, 0.3) is 0 Å². The maximum atomic E-state index is 12.5. The molecule has 3 aromatic carbocycles. The van der Waals surface area contributed by atoms with E-state index in [9.17, 15) is 4.79 Å². The number of carbonyl (C=O) groups is 1. The van der Waals surface area contributed by atoms with Crippen molar-refractivity contribution < 1.29 is 23.7 Å². The summed E-state index contributed by atoms with van der Waals surface area (Å²) in [6, 6.07) is 20.5. The van der Waals surface area contributed by atoms with Gasteiger partial charge in [0.15, 0.2) is 23.0 Å². The second-order valence-corrected chi connectivity index (χ2v) is 7.14. The highest BCUT2D eigenvalue weighted by atomic mass is 16.5. The maximum Gasteiger partial charge on any atom is 0.271 e. The summed E-state index contributed by atoms with van der Waals surface area (Å²) in [5.41, 5.74) is 4.79. The van der Waals surface area contributed by atoms with E-state index in [0.717, 1.165) is 11.1 Å². The summed E-state index contributed by atoms with van der Waals surface area (Å²) in [6.07, 6.45) is 1.55. The van der Waals surface area contributed by atoms with E-state index in [-0.39, 0.29) is 5.91 Å². The average molecular weight is 463 g/mol. The standard InChI is InChI=1S/C27H30N2O5/c1-4-31-23-15-13-22(17-26(23)33-6-3)27(30)29-28-18-21-12-14-24(25(16-21)32-5-2)34-19-20-10-8-7-9-11-20/h7-18H,4-6,19H2,1-3H3,(H,29,30)/b28-18+. The fourth-order valence-electron chi connectivity index (χ4n) is 3.15. The first kappa shape index (κ1) is 24.6. The van der Waals surface area contributed by atoms with Gasteiger partial charge >= 0.3 is 0 Å². The Morgan fingerprint density at radius 2 is 1.38 bits per heavy atom. The van der Waals surface area contributed by atoms with Crippen molar-refractivity contribution in [3.63, 3.8) is 0 Å². The number of rotatable bonds is 12. The van der Waals surface area contributed by atoms with E-state index in [0.29, 0.717) is 55.0 Å². The second-order valence-electron chi connectivity index (χ2n) is 7.14. The molecule has 3 rings (SSSR count). The zero-order valence-electron chi connectivity index (χ0n) is 19.7. The second kappa shape index (κ2) is 12.9. The van der Waals surface area contributed by atoms with Gasteiger partial charge in [-0.1, -0.05) is 30.3 Å². The van der Waals surface area contributed by atoms with Crippen LogP contribution in [-0.2, 0) is 6.61 Å². The van der Waals surface area contributed by atoms with Gasteiger partial charge in [0.05, 0.1) is 26.0 Å². The van der Waals surface area contributed by atoms with Gasteiger partial charge in [0.25, 0.3) is 5.91 Å². The van der Waals surface area contributed by atoms with Crippen LogP contribution in [-0.4, -0.2) is 31.9 Å². The zero-order valence-corrected chi connectivity index (χ0v) is 19.7. The molecule has 1 amide bonds. The van der Waals surface area contributed by atoms with Crippen molar-refractivity contribution in [2.45, 2.75) is 27.4 Å². The molecule has 0 bridgehead atoms. The van der Waals surface area contributed by atoms with Crippen molar-refractivity contribution in [1.29, 1.82) is 0 Å². The van der Waals surface area contributed by atoms with Crippen LogP contribution in [0.4, 0.5) is 0 Å². The lowest BCUT2D eigenvalue weighted by Gasteiger charge is -2.13. The average Bonchev–Trinajstić information content (AvgIpc) is 2.85. The van der Waals surface area contributed by atoms with Gasteiger partial charge in [-0.05, 0) is 68.3 Å². The van der Waals surface area contributed by atoms with Gasteiger partial charge < -0.3 is 18.9 Å². The number of nitrogens with one attached hydrogen (secondary N) is 1. The molecule has 178 valence electrons. The first-order chi connectivity index (χ1) is 16.6. The molecule has 3 aromatic rings. The number of amides is 1. The molecule has 0 unspecified atom stereocenters. The highest BCUT2D eigenvalue weighted by Crippen LogP contribution is 2.29. The van der Waals surface area contributed by atoms with Crippen LogP contribution in [0.2, 0.25) is 0 Å². The van der Waals surface area contributed by atoms with E-state index in [4.69, 9.17) is 18.9 Å². The molecule has 1 N–H and O–H groups in total. The summed E-state index contributed by atoms with van der Waals surface area (Å²) in [5, 5.41) is 4.08. The van der Waals surface area contributed by atoms with Crippen molar-refractivity contribution in [3.05, 3.63) is 83.4 Å². The minimum Gasteiger partial charge on any atom is -0.490 e. The fraction of sp³-hybridized carbons (Fsp3) is 0.259. The molecule has 34 heavy (non-hydrogen) atoms. The van der Waals surface area contributed by atoms with E-state index < -0.39 is 0 Å². The Kier molecular flexibility index (Phi) is 9.34. The monoisotopic (exact) mass is 462 g/mol. The third-order valence-electron chi connectivity index (χ3n) is 4.69. The molecule has 0 aliphatic carbocycles. The van der Waals surface area contributed by atoms with E-state index in [1.54, 1.807) is 24.4 Å². The molecule has 0 saturated carbocycles. The minimum absolute atomic E-state index is 0.354. The molecular weight excluding hydrogens is 432 g/mol. The molecule has 0 saturated heterocycles. The number of hydrazone groups is 1. The van der Waals surface area contributed by atoms with Gasteiger partial charge in [0.1, 0.15) is 6.61 Å². The Bertz CT molecular complexity index is 1100. The molecule has 0 spiro atoms. The van der Waals surface area contributed by atoms with Crippen LogP contribution >= 0.6 is 0 Å². The van der Waals surface area contributed by atoms with Crippen molar-refractivity contribution >= 4 is 12.1 Å². The van der Waals surface area contributed by atoms with Crippen molar-refractivity contribution in [3.8, 4) is 23.0 Å². The summed E-state index contributed by atoms with van der Waals surface area (Å²) >= 11 is 0. The van der Waals surface area contributed by atoms with Gasteiger partial charge in [-0.3, -0.25) is 4.79 Å². The van der Waals surface area contributed by atoms with E-state index >= 15 is 0 Å². The van der Waals surface area contributed by atoms with Crippen LogP contribution < -0.4 is 24.4 Å². The van der Waals surface area contributed by atoms with E-state index in [2.05, 4.69) is 10.5 Å². The quantitative estimate of drug-likeness (QED) is 0.295. The Morgan fingerprint density at radius 3 is 2.09 bits per heavy atom. The van der Waals surface area contributed by atoms with Gasteiger partial charge in [-0.2, -0.15) is 5.10 Å². The van der Waals surface area contributed by atoms with Crippen molar-refractivity contribution in [1.82, 2.24) is 5.43 Å². The zero-order chi connectivity index (χ0) is 24.2. The normalized spacial score (nSPS) is 10.7. The number of nitrogens with zero attached hydrogens (tertiary/aromatic N) is 1. The highest BCUT2D eigenvalue weighted by Gasteiger charge is 2.11. The topological polar surface area (TPSA) is 78.4 Å². The van der Waals surface area contributed by atoms with Gasteiger partial charge in [-0.25, -0.2) is 5.43 Å². The number of carbonyl (C=O) groups excluding carboxylic acids is 1. The van der Waals surface area contributed by atoms with Crippen molar-refractivity contribution in [2.75, 3.05) is 19.8 Å². The third-order valence-corrected chi connectivity index (χ3v) is 4.69. The molecule has 0 aliphatic rings. The molecule has 0 atom stereocenters. The van der Waals surface area contributed by atoms with Crippen LogP contribution in [0.3, 0.4) is 0 Å². The number of hydrogen-bond acceptors (Lipinski definition) is 6. The minimum atomic E-state index is -0.354. The summed E-state index contributed by atoms with van der Waals surface area (Å²) < 4.78 is 22.8. The Morgan fingerprint density at radius 1 is 0.765 bits per heavy atom. The molecule has 0 radical (unpaired) electrons. The van der Waals surface area contributed by atoms with Gasteiger partial charge in [0.2, 0.25) is 0 Å². The lowest BCUT2D eigenvalue weighted by Crippen LogP contribution is -2.17. The third kappa shape index (κ3) is 7.00. The maximum absolute atomic E-state index is 12.5. The lowest BCUT2D eigenvalue weighted by atomic mass is 10.2. The SMILES string of the molecule is CCOc1ccc(C(=O)N/N=C/c2ccc(OCc3ccccc3)c(OCC)c2)cc1OCC. The molecule has 0 heterocycles. The molecular formula is C27H30N2O5. The number of benzene rings is 3. The fourth-order valence-corrected chi connectivity index (χ4v) is 3.15. The van der Waals surface area contributed by atoms with Crippen LogP contribution in [0.15, 0.2) is 71.8 Å². The largest absolute Gasteiger partial charge is 0.490 e. The summed E-state index contributed by atoms with van der Waals surface area (Å²) in [5.74, 6) is 2.02. The smallest absolute Gasteiger partial charge is 0.271 e. The van der Waals surface area contributed by atoms with Crippen LogP contribution in [0.1, 0.15) is 42.3 Å². The molecule has 0 fully saturated rings. The summed E-state index contributed by atoms with van der Waals surface area (Å²) in [4.78, 5) is 12.5. The molecule has 0 aromatic heterocycles. The van der Waals surface area contributed by atoms with Gasteiger partial charge in [-0.15, -0.1) is 0 Å². The predicted molar refractivity (Wildman–Crippen MR) is 132 cm³/mol. The molecule has 7 nitrogen and oxygen atoms in total. The Labute approximate surface area is 200 Å². The van der Waals surface area contributed by atoms with E-state index in [1.807, 2.05) is 69.3 Å². The van der Waals surface area contributed by atoms with Crippen LogP contribution in [0.5, 0.6) is 23.0 Å². The summed E-state index contributed by atoms with van der Waals surface area (Å²) in [6.45, 7) is 7.60. The van der Waals surface area contributed by atoms with Gasteiger partial charge in [0, 0.05) is 5.56 Å². The Hall–Kier alpha value is -4.00. The number of hydrogen-bond donors (Lipinski definition) is 1.